The summed E-state index contributed by atoms with van der Waals surface area (Å²) in [5, 5.41) is 1.90. The van der Waals surface area contributed by atoms with Crippen LogP contribution in [0.4, 0.5) is 13.2 Å². The Bertz CT molecular complexity index is 608. The average molecular weight is 319 g/mol. The van der Waals surface area contributed by atoms with Crippen molar-refractivity contribution in [3.8, 4) is 12.3 Å². The number of terminal acetylenes is 1. The summed E-state index contributed by atoms with van der Waals surface area (Å²) in [7, 11) is 0. The maximum atomic E-state index is 12.6. The SMILES string of the molecule is C#CCC(NC(=O)c1cc(Cl)cc(C(F)(F)F)c1)C(N)=O. The van der Waals surface area contributed by atoms with Crippen LogP contribution in [0.1, 0.15) is 22.3 Å². The number of nitrogens with two attached hydrogens (primary N) is 1. The molecule has 2 amide bonds. The molecule has 0 heterocycles. The molecule has 0 aliphatic heterocycles. The van der Waals surface area contributed by atoms with Gasteiger partial charge in [0.25, 0.3) is 5.91 Å². The van der Waals surface area contributed by atoms with Gasteiger partial charge in [-0.25, -0.2) is 0 Å². The van der Waals surface area contributed by atoms with Crippen molar-refractivity contribution in [2.75, 3.05) is 0 Å². The van der Waals surface area contributed by atoms with Crippen molar-refractivity contribution in [1.29, 1.82) is 0 Å². The fourth-order valence-electron chi connectivity index (χ4n) is 1.47. The number of benzene rings is 1. The van der Waals surface area contributed by atoms with Gasteiger partial charge >= 0.3 is 6.18 Å². The zero-order valence-electron chi connectivity index (χ0n) is 10.5. The van der Waals surface area contributed by atoms with E-state index in [1.807, 2.05) is 0 Å². The van der Waals surface area contributed by atoms with E-state index in [0.717, 1.165) is 6.07 Å². The van der Waals surface area contributed by atoms with E-state index >= 15 is 0 Å². The summed E-state index contributed by atoms with van der Waals surface area (Å²) in [4.78, 5) is 22.9. The van der Waals surface area contributed by atoms with E-state index in [1.165, 1.54) is 0 Å². The quantitative estimate of drug-likeness (QED) is 0.833. The zero-order valence-corrected chi connectivity index (χ0v) is 11.3. The second-order valence-electron chi connectivity index (χ2n) is 4.06. The first-order chi connectivity index (χ1) is 9.65. The molecule has 8 heteroatoms. The van der Waals surface area contributed by atoms with E-state index in [4.69, 9.17) is 23.8 Å². The van der Waals surface area contributed by atoms with Crippen molar-refractivity contribution in [3.63, 3.8) is 0 Å². The van der Waals surface area contributed by atoms with E-state index in [1.54, 1.807) is 0 Å². The largest absolute Gasteiger partial charge is 0.416 e. The molecule has 0 bridgehead atoms. The predicted octanol–water partition coefficient (Wildman–Crippen LogP) is 1.97. The molecule has 4 nitrogen and oxygen atoms in total. The van der Waals surface area contributed by atoms with E-state index in [2.05, 4.69) is 11.2 Å². The number of carbonyl (C=O) groups excluding carboxylic acids is 2. The minimum absolute atomic E-state index is 0.173. The van der Waals surface area contributed by atoms with Gasteiger partial charge in [-0.2, -0.15) is 13.2 Å². The zero-order chi connectivity index (χ0) is 16.2. The van der Waals surface area contributed by atoms with E-state index in [9.17, 15) is 22.8 Å². The summed E-state index contributed by atoms with van der Waals surface area (Å²) in [6, 6.07) is 1.18. The molecule has 0 fully saturated rings. The first-order valence-electron chi connectivity index (χ1n) is 5.56. The number of hydrogen-bond donors (Lipinski definition) is 2. The Labute approximate surface area is 123 Å². The number of nitrogens with one attached hydrogen (secondary N) is 1. The Kier molecular flexibility index (Phi) is 5.22. The minimum atomic E-state index is -4.65. The van der Waals surface area contributed by atoms with Gasteiger partial charge < -0.3 is 11.1 Å². The Hall–Kier alpha value is -2.20. The highest BCUT2D eigenvalue weighted by Gasteiger charge is 2.32. The van der Waals surface area contributed by atoms with Crippen LogP contribution < -0.4 is 11.1 Å². The van der Waals surface area contributed by atoms with Gasteiger partial charge in [0.1, 0.15) is 6.04 Å². The second kappa shape index (κ2) is 6.50. The molecule has 0 saturated heterocycles. The third-order valence-electron chi connectivity index (χ3n) is 2.46. The number of alkyl halides is 3. The molecular weight excluding hydrogens is 309 g/mol. The van der Waals surface area contributed by atoms with Gasteiger partial charge in [-0.3, -0.25) is 9.59 Å². The highest BCUT2D eigenvalue weighted by Crippen LogP contribution is 2.31. The van der Waals surface area contributed by atoms with Crippen LogP contribution in [0.25, 0.3) is 0 Å². The predicted molar refractivity (Wildman–Crippen MR) is 70.4 cm³/mol. The minimum Gasteiger partial charge on any atom is -0.368 e. The van der Waals surface area contributed by atoms with Crippen LogP contribution in [0, 0.1) is 12.3 Å². The molecular formula is C13H10ClF3N2O2. The van der Waals surface area contributed by atoms with Gasteiger partial charge in [-0.1, -0.05) is 11.6 Å². The van der Waals surface area contributed by atoms with E-state index in [-0.39, 0.29) is 17.0 Å². The first kappa shape index (κ1) is 16.9. The maximum absolute atomic E-state index is 12.6. The number of carbonyl (C=O) groups is 2. The fraction of sp³-hybridized carbons (Fsp3) is 0.231. The molecule has 0 saturated carbocycles. The lowest BCUT2D eigenvalue weighted by atomic mass is 10.1. The van der Waals surface area contributed by atoms with Crippen molar-refractivity contribution in [2.24, 2.45) is 5.73 Å². The monoisotopic (exact) mass is 318 g/mol. The number of halogens is 4. The van der Waals surface area contributed by atoms with Crippen LogP contribution in [0.2, 0.25) is 5.02 Å². The summed E-state index contributed by atoms with van der Waals surface area (Å²) < 4.78 is 37.9. The topological polar surface area (TPSA) is 72.2 Å². The second-order valence-corrected chi connectivity index (χ2v) is 4.50. The van der Waals surface area contributed by atoms with Crippen LogP contribution in [0.5, 0.6) is 0 Å². The van der Waals surface area contributed by atoms with Crippen molar-refractivity contribution in [1.82, 2.24) is 5.32 Å². The fourth-order valence-corrected chi connectivity index (χ4v) is 1.70. The molecule has 1 unspecified atom stereocenters. The van der Waals surface area contributed by atoms with Gasteiger partial charge in [-0.15, -0.1) is 12.3 Å². The highest BCUT2D eigenvalue weighted by atomic mass is 35.5. The molecule has 0 aromatic heterocycles. The summed E-state index contributed by atoms with van der Waals surface area (Å²) in [6.07, 6.45) is 0.184. The summed E-state index contributed by atoms with van der Waals surface area (Å²) >= 11 is 5.56. The molecule has 1 rings (SSSR count). The van der Waals surface area contributed by atoms with Gasteiger partial charge in [0.05, 0.1) is 5.56 Å². The Morgan fingerprint density at radius 3 is 2.48 bits per heavy atom. The third kappa shape index (κ3) is 4.68. The lowest BCUT2D eigenvalue weighted by Gasteiger charge is -2.14. The summed E-state index contributed by atoms with van der Waals surface area (Å²) in [5.41, 5.74) is 3.60. The van der Waals surface area contributed by atoms with Crippen LogP contribution in [-0.4, -0.2) is 17.9 Å². The van der Waals surface area contributed by atoms with Crippen LogP contribution in [-0.2, 0) is 11.0 Å². The van der Waals surface area contributed by atoms with Gasteiger partial charge in [-0.05, 0) is 18.2 Å². The number of hydrogen-bond acceptors (Lipinski definition) is 2. The van der Waals surface area contributed by atoms with Gasteiger partial charge in [0.2, 0.25) is 5.91 Å². The molecule has 3 N–H and O–H groups in total. The summed E-state index contributed by atoms with van der Waals surface area (Å²) in [5.74, 6) is 0.313. The van der Waals surface area contributed by atoms with E-state index < -0.39 is 29.6 Å². The highest BCUT2D eigenvalue weighted by molar-refractivity contribution is 6.31. The molecule has 0 radical (unpaired) electrons. The first-order valence-corrected chi connectivity index (χ1v) is 5.94. The van der Waals surface area contributed by atoms with Crippen molar-refractivity contribution < 1.29 is 22.8 Å². The Morgan fingerprint density at radius 2 is 2.00 bits per heavy atom. The lowest BCUT2D eigenvalue weighted by molar-refractivity contribution is -0.137. The van der Waals surface area contributed by atoms with Crippen molar-refractivity contribution >= 4 is 23.4 Å². The smallest absolute Gasteiger partial charge is 0.368 e. The number of amides is 2. The molecule has 21 heavy (non-hydrogen) atoms. The third-order valence-corrected chi connectivity index (χ3v) is 2.68. The van der Waals surface area contributed by atoms with Crippen molar-refractivity contribution in [2.45, 2.75) is 18.6 Å². The van der Waals surface area contributed by atoms with Crippen LogP contribution in [0.3, 0.4) is 0 Å². The average Bonchev–Trinajstić information content (AvgIpc) is 2.36. The molecule has 0 spiro atoms. The van der Waals surface area contributed by atoms with Crippen molar-refractivity contribution in [3.05, 3.63) is 34.3 Å². The van der Waals surface area contributed by atoms with Crippen LogP contribution >= 0.6 is 11.6 Å². The number of rotatable bonds is 4. The Morgan fingerprint density at radius 1 is 1.38 bits per heavy atom. The molecule has 1 atom stereocenters. The molecule has 1 aromatic carbocycles. The lowest BCUT2D eigenvalue weighted by Crippen LogP contribution is -2.44. The molecule has 0 aliphatic carbocycles. The normalized spacial score (nSPS) is 12.3. The van der Waals surface area contributed by atoms with Gasteiger partial charge in [0, 0.05) is 17.0 Å². The standard InChI is InChI=1S/C13H10ClF3N2O2/c1-2-3-10(11(18)20)19-12(21)7-4-8(13(15,16)17)6-9(14)5-7/h1,4-6,10H,3H2,(H2,18,20)(H,19,21). The molecule has 0 aliphatic rings. The summed E-state index contributed by atoms with van der Waals surface area (Å²) in [6.45, 7) is 0. The molecule has 1 aromatic rings. The van der Waals surface area contributed by atoms with Crippen LogP contribution in [0.15, 0.2) is 18.2 Å². The Balaban J connectivity index is 3.05. The van der Waals surface area contributed by atoms with E-state index in [0.29, 0.717) is 12.1 Å². The maximum Gasteiger partial charge on any atom is 0.416 e. The number of primary amides is 1. The molecule has 112 valence electrons. The van der Waals surface area contributed by atoms with Gasteiger partial charge in [0.15, 0.2) is 0 Å².